The molecule has 0 aliphatic heterocycles. The first-order chi connectivity index (χ1) is 9.19. The average molecular weight is 258 g/mol. The minimum atomic E-state index is -0.280. The first kappa shape index (κ1) is 11.6. The Morgan fingerprint density at radius 3 is 2.63 bits per heavy atom. The fourth-order valence-corrected chi connectivity index (χ4v) is 1.92. The third kappa shape index (κ3) is 1.93. The second kappa shape index (κ2) is 4.35. The van der Waals surface area contributed by atoms with Crippen molar-refractivity contribution in [2.24, 2.45) is 0 Å². The van der Waals surface area contributed by atoms with E-state index in [-0.39, 0.29) is 5.82 Å². The van der Waals surface area contributed by atoms with Gasteiger partial charge in [0.15, 0.2) is 5.75 Å². The van der Waals surface area contributed by atoms with Crippen LogP contribution in [0, 0.1) is 12.7 Å². The highest BCUT2D eigenvalue weighted by Gasteiger charge is 2.14. The van der Waals surface area contributed by atoms with Gasteiger partial charge in [0.2, 0.25) is 5.58 Å². The van der Waals surface area contributed by atoms with E-state index in [1.165, 1.54) is 12.1 Å². The second-order valence-corrected chi connectivity index (χ2v) is 4.16. The SMILES string of the molecule is COc1cc(-c2ccc(F)cc2)nc2c(C)noc12. The van der Waals surface area contributed by atoms with Gasteiger partial charge >= 0.3 is 0 Å². The van der Waals surface area contributed by atoms with Crippen LogP contribution < -0.4 is 4.74 Å². The summed E-state index contributed by atoms with van der Waals surface area (Å²) in [5, 5.41) is 3.88. The number of aryl methyl sites for hydroxylation is 1. The van der Waals surface area contributed by atoms with E-state index in [0.29, 0.717) is 28.2 Å². The van der Waals surface area contributed by atoms with Gasteiger partial charge in [-0.1, -0.05) is 5.16 Å². The molecule has 3 aromatic rings. The van der Waals surface area contributed by atoms with Gasteiger partial charge in [-0.05, 0) is 31.2 Å². The van der Waals surface area contributed by atoms with E-state index in [9.17, 15) is 4.39 Å². The fourth-order valence-electron chi connectivity index (χ4n) is 1.92. The highest BCUT2D eigenvalue weighted by molar-refractivity contribution is 5.84. The molecule has 0 atom stereocenters. The van der Waals surface area contributed by atoms with Crippen molar-refractivity contribution in [3.05, 3.63) is 41.8 Å². The van der Waals surface area contributed by atoms with Gasteiger partial charge in [0.05, 0.1) is 12.8 Å². The largest absolute Gasteiger partial charge is 0.493 e. The van der Waals surface area contributed by atoms with Crippen molar-refractivity contribution in [2.75, 3.05) is 7.11 Å². The number of aromatic nitrogens is 2. The van der Waals surface area contributed by atoms with Crippen LogP contribution in [0.5, 0.6) is 5.75 Å². The molecule has 0 aliphatic carbocycles. The number of hydrogen-bond acceptors (Lipinski definition) is 4. The zero-order valence-corrected chi connectivity index (χ0v) is 10.5. The van der Waals surface area contributed by atoms with Gasteiger partial charge in [-0.3, -0.25) is 0 Å². The molecule has 2 heterocycles. The van der Waals surface area contributed by atoms with Crippen LogP contribution in [0.4, 0.5) is 4.39 Å². The van der Waals surface area contributed by atoms with Crippen LogP contribution in [0.1, 0.15) is 5.69 Å². The van der Waals surface area contributed by atoms with Gasteiger partial charge in [-0.15, -0.1) is 0 Å². The van der Waals surface area contributed by atoms with Crippen LogP contribution in [-0.2, 0) is 0 Å². The molecule has 0 fully saturated rings. The molecule has 96 valence electrons. The summed E-state index contributed by atoms with van der Waals surface area (Å²) in [5.41, 5.74) is 3.36. The number of methoxy groups -OCH3 is 1. The number of pyridine rings is 1. The van der Waals surface area contributed by atoms with Crippen LogP contribution in [0.25, 0.3) is 22.4 Å². The molecule has 2 aromatic heterocycles. The van der Waals surface area contributed by atoms with Gasteiger partial charge in [0.1, 0.15) is 17.0 Å². The zero-order chi connectivity index (χ0) is 13.4. The molecule has 0 radical (unpaired) electrons. The maximum Gasteiger partial charge on any atom is 0.227 e. The number of halogens is 1. The molecule has 0 amide bonds. The fraction of sp³-hybridized carbons (Fsp3) is 0.143. The summed E-state index contributed by atoms with van der Waals surface area (Å²) in [6, 6.07) is 7.89. The first-order valence-electron chi connectivity index (χ1n) is 5.76. The Labute approximate surface area is 108 Å². The van der Waals surface area contributed by atoms with Crippen LogP contribution in [-0.4, -0.2) is 17.3 Å². The van der Waals surface area contributed by atoms with E-state index < -0.39 is 0 Å². The number of benzene rings is 1. The molecule has 0 saturated carbocycles. The molecule has 0 bridgehead atoms. The lowest BCUT2D eigenvalue weighted by atomic mass is 10.1. The monoisotopic (exact) mass is 258 g/mol. The van der Waals surface area contributed by atoms with Crippen molar-refractivity contribution in [1.29, 1.82) is 0 Å². The van der Waals surface area contributed by atoms with E-state index in [1.54, 1.807) is 25.3 Å². The van der Waals surface area contributed by atoms with E-state index in [1.807, 2.05) is 6.92 Å². The molecule has 19 heavy (non-hydrogen) atoms. The van der Waals surface area contributed by atoms with Gasteiger partial charge in [0, 0.05) is 11.6 Å². The third-order valence-electron chi connectivity index (χ3n) is 2.92. The van der Waals surface area contributed by atoms with E-state index in [4.69, 9.17) is 9.26 Å². The second-order valence-electron chi connectivity index (χ2n) is 4.16. The van der Waals surface area contributed by atoms with Crippen LogP contribution >= 0.6 is 0 Å². The summed E-state index contributed by atoms with van der Waals surface area (Å²) < 4.78 is 23.4. The molecule has 0 spiro atoms. The summed E-state index contributed by atoms with van der Waals surface area (Å²) >= 11 is 0. The third-order valence-corrected chi connectivity index (χ3v) is 2.92. The molecule has 3 rings (SSSR count). The molecular formula is C14H11FN2O2. The molecule has 0 aliphatic rings. The lowest BCUT2D eigenvalue weighted by Gasteiger charge is -2.04. The number of hydrogen-bond donors (Lipinski definition) is 0. The molecule has 4 nitrogen and oxygen atoms in total. The van der Waals surface area contributed by atoms with Crippen molar-refractivity contribution >= 4 is 11.1 Å². The molecule has 0 saturated heterocycles. The zero-order valence-electron chi connectivity index (χ0n) is 10.5. The van der Waals surface area contributed by atoms with Crippen molar-refractivity contribution < 1.29 is 13.7 Å². The molecule has 0 unspecified atom stereocenters. The average Bonchev–Trinajstić information content (AvgIpc) is 2.80. The first-order valence-corrected chi connectivity index (χ1v) is 5.76. The van der Waals surface area contributed by atoms with Crippen molar-refractivity contribution in [3.63, 3.8) is 0 Å². The highest BCUT2D eigenvalue weighted by atomic mass is 19.1. The summed E-state index contributed by atoms with van der Waals surface area (Å²) in [4.78, 5) is 4.48. The highest BCUT2D eigenvalue weighted by Crippen LogP contribution is 2.31. The molecule has 1 aromatic carbocycles. The van der Waals surface area contributed by atoms with E-state index in [2.05, 4.69) is 10.1 Å². The van der Waals surface area contributed by atoms with Crippen LogP contribution in [0.3, 0.4) is 0 Å². The van der Waals surface area contributed by atoms with Gasteiger partial charge in [0.25, 0.3) is 0 Å². The topological polar surface area (TPSA) is 48.2 Å². The summed E-state index contributed by atoms with van der Waals surface area (Å²) in [5.74, 6) is 0.280. The quantitative estimate of drug-likeness (QED) is 0.707. The number of nitrogens with zero attached hydrogens (tertiary/aromatic N) is 2. The summed E-state index contributed by atoms with van der Waals surface area (Å²) in [6.07, 6.45) is 0. The number of fused-ring (bicyclic) bond motifs is 1. The van der Waals surface area contributed by atoms with Gasteiger partial charge in [-0.25, -0.2) is 9.37 Å². The normalized spacial score (nSPS) is 10.9. The lowest BCUT2D eigenvalue weighted by molar-refractivity contribution is 0.391. The Balaban J connectivity index is 2.23. The summed E-state index contributed by atoms with van der Waals surface area (Å²) in [7, 11) is 1.56. The standard InChI is InChI=1S/C14H11FN2O2/c1-8-13-14(19-17-8)12(18-2)7-11(16-13)9-3-5-10(15)6-4-9/h3-7H,1-2H3. The number of ether oxygens (including phenoxy) is 1. The van der Waals surface area contributed by atoms with E-state index in [0.717, 1.165) is 5.56 Å². The molecule has 0 N–H and O–H groups in total. The Morgan fingerprint density at radius 2 is 1.95 bits per heavy atom. The van der Waals surface area contributed by atoms with Crippen molar-refractivity contribution in [3.8, 4) is 17.0 Å². The minimum Gasteiger partial charge on any atom is -0.493 e. The Morgan fingerprint density at radius 1 is 1.21 bits per heavy atom. The molecule has 5 heteroatoms. The summed E-state index contributed by atoms with van der Waals surface area (Å²) in [6.45, 7) is 1.81. The van der Waals surface area contributed by atoms with Crippen molar-refractivity contribution in [1.82, 2.24) is 10.1 Å². The number of rotatable bonds is 2. The van der Waals surface area contributed by atoms with Gasteiger partial charge in [-0.2, -0.15) is 0 Å². The van der Waals surface area contributed by atoms with Crippen LogP contribution in [0.15, 0.2) is 34.9 Å². The van der Waals surface area contributed by atoms with Crippen LogP contribution in [0.2, 0.25) is 0 Å². The smallest absolute Gasteiger partial charge is 0.227 e. The van der Waals surface area contributed by atoms with Crippen molar-refractivity contribution in [2.45, 2.75) is 6.92 Å². The lowest BCUT2D eigenvalue weighted by Crippen LogP contribution is -1.90. The predicted octanol–water partition coefficient (Wildman–Crippen LogP) is 3.35. The maximum atomic E-state index is 12.9. The Kier molecular flexibility index (Phi) is 2.67. The maximum absolute atomic E-state index is 12.9. The van der Waals surface area contributed by atoms with Gasteiger partial charge < -0.3 is 9.26 Å². The Bertz CT molecular complexity index is 735. The minimum absolute atomic E-state index is 0.280. The Hall–Kier alpha value is -2.43. The molecular weight excluding hydrogens is 247 g/mol. The van der Waals surface area contributed by atoms with E-state index >= 15 is 0 Å². The predicted molar refractivity (Wildman–Crippen MR) is 68.5 cm³/mol.